The van der Waals surface area contributed by atoms with E-state index < -0.39 is 15.9 Å². The number of rotatable bonds is 4. The summed E-state index contributed by atoms with van der Waals surface area (Å²) >= 11 is 6.13. The van der Waals surface area contributed by atoms with Crippen molar-refractivity contribution in [3.8, 4) is 0 Å². The van der Waals surface area contributed by atoms with Crippen LogP contribution in [0.15, 0.2) is 76.6 Å². The van der Waals surface area contributed by atoms with Gasteiger partial charge in [-0.05, 0) is 42.5 Å². The molecule has 0 aliphatic rings. The number of para-hydroxylation sites is 1. The maximum absolute atomic E-state index is 12.1. The zero-order chi connectivity index (χ0) is 21.3. The predicted octanol–water partition coefficient (Wildman–Crippen LogP) is 4.62. The number of benzene rings is 3. The summed E-state index contributed by atoms with van der Waals surface area (Å²) in [5.74, 6) is -0.645. The number of fused-ring (bicyclic) bond motifs is 2. The third-order valence-corrected chi connectivity index (χ3v) is 6.14. The van der Waals surface area contributed by atoms with Gasteiger partial charge in [0.05, 0.1) is 21.6 Å². The lowest BCUT2D eigenvalue weighted by molar-refractivity contribution is -0.117. The highest BCUT2D eigenvalue weighted by Gasteiger charge is 2.15. The molecule has 0 unspecified atom stereocenters. The van der Waals surface area contributed by atoms with Crippen molar-refractivity contribution in [3.63, 3.8) is 0 Å². The number of carbonyl (C=O) groups excluding carboxylic acids is 1. The Morgan fingerprint density at radius 2 is 1.70 bits per heavy atom. The van der Waals surface area contributed by atoms with E-state index in [1.165, 1.54) is 12.1 Å². The van der Waals surface area contributed by atoms with Gasteiger partial charge in [0.1, 0.15) is 0 Å². The van der Waals surface area contributed by atoms with Gasteiger partial charge in [0.2, 0.25) is 5.91 Å². The van der Waals surface area contributed by atoms with Gasteiger partial charge in [-0.15, -0.1) is 0 Å². The van der Waals surface area contributed by atoms with E-state index in [1.807, 2.05) is 41.1 Å². The minimum absolute atomic E-state index is 0.00824. The quantitative estimate of drug-likeness (QED) is 0.372. The normalized spacial score (nSPS) is 11.9. The summed E-state index contributed by atoms with van der Waals surface area (Å²) in [4.78, 5) is 20.2. The third-order valence-electron chi connectivity index (χ3n) is 4.45. The molecule has 0 aliphatic carbocycles. The largest absolute Gasteiger partial charge is 0.274 e. The lowest BCUT2D eigenvalue weighted by Crippen LogP contribution is -2.28. The van der Waals surface area contributed by atoms with Gasteiger partial charge in [0, 0.05) is 34.5 Å². The predicted molar refractivity (Wildman–Crippen MR) is 119 cm³/mol. The molecule has 0 fully saturated rings. The van der Waals surface area contributed by atoms with E-state index >= 15 is 0 Å². The Hall–Kier alpha value is -3.29. The van der Waals surface area contributed by atoms with E-state index in [9.17, 15) is 13.2 Å². The first-order chi connectivity index (χ1) is 14.3. The second-order valence-electron chi connectivity index (χ2n) is 6.62. The van der Waals surface area contributed by atoms with Crippen LogP contribution in [0.25, 0.3) is 21.8 Å². The number of nitrogens with one attached hydrogen (secondary N) is 1. The van der Waals surface area contributed by atoms with Gasteiger partial charge in [-0.1, -0.05) is 35.9 Å². The summed E-state index contributed by atoms with van der Waals surface area (Å²) in [6.45, 7) is 1.15. The zero-order valence-electron chi connectivity index (χ0n) is 15.8. The highest BCUT2D eigenvalue weighted by atomic mass is 35.5. The molecule has 1 aromatic heterocycles. The van der Waals surface area contributed by atoms with Crippen LogP contribution in [0.5, 0.6) is 0 Å². The molecule has 30 heavy (non-hydrogen) atoms. The standard InChI is InChI=1S/C22H16ClN3O3S/c1-14(27)26-30(28,29)17-9-7-16(8-10-17)24-13-20-18-4-2-3-5-21(18)25-22-12-15(23)6-11-19(20)22/h2-13H,1H3,(H,26,27). The van der Waals surface area contributed by atoms with Crippen LogP contribution >= 0.6 is 11.6 Å². The molecule has 3 aromatic carbocycles. The lowest BCUT2D eigenvalue weighted by atomic mass is 10.0. The molecule has 0 spiro atoms. The number of hydrogen-bond acceptors (Lipinski definition) is 5. The maximum atomic E-state index is 12.1. The van der Waals surface area contributed by atoms with E-state index in [1.54, 1.807) is 24.4 Å². The van der Waals surface area contributed by atoms with E-state index in [0.717, 1.165) is 34.3 Å². The Bertz CT molecular complexity index is 1420. The van der Waals surface area contributed by atoms with Crippen LogP contribution in [0.3, 0.4) is 0 Å². The van der Waals surface area contributed by atoms with Crippen molar-refractivity contribution in [2.45, 2.75) is 11.8 Å². The van der Waals surface area contributed by atoms with E-state index in [4.69, 9.17) is 11.6 Å². The summed E-state index contributed by atoms with van der Waals surface area (Å²) in [5, 5.41) is 2.46. The molecule has 4 aromatic rings. The number of carbonyl (C=O) groups is 1. The summed E-state index contributed by atoms with van der Waals surface area (Å²) in [5.41, 5.74) is 3.05. The minimum Gasteiger partial charge on any atom is -0.274 e. The van der Waals surface area contributed by atoms with E-state index in [0.29, 0.717) is 10.7 Å². The summed E-state index contributed by atoms with van der Waals surface area (Å²) < 4.78 is 26.1. The average Bonchev–Trinajstić information content (AvgIpc) is 2.70. The summed E-state index contributed by atoms with van der Waals surface area (Å²) in [7, 11) is -3.88. The van der Waals surface area contributed by atoms with Gasteiger partial charge in [0.25, 0.3) is 10.0 Å². The second-order valence-corrected chi connectivity index (χ2v) is 8.74. The van der Waals surface area contributed by atoms with Gasteiger partial charge in [0.15, 0.2) is 0 Å². The summed E-state index contributed by atoms with van der Waals surface area (Å²) in [6.07, 6.45) is 1.73. The van der Waals surface area contributed by atoms with Crippen molar-refractivity contribution in [1.29, 1.82) is 0 Å². The molecule has 8 heteroatoms. The molecule has 6 nitrogen and oxygen atoms in total. The van der Waals surface area contributed by atoms with Crippen LogP contribution in [0, 0.1) is 0 Å². The number of aliphatic imine (C=N–C) groups is 1. The zero-order valence-corrected chi connectivity index (χ0v) is 17.4. The Morgan fingerprint density at radius 3 is 2.43 bits per heavy atom. The number of aromatic nitrogens is 1. The van der Waals surface area contributed by atoms with E-state index in [2.05, 4.69) is 9.98 Å². The van der Waals surface area contributed by atoms with Crippen molar-refractivity contribution in [3.05, 3.63) is 77.3 Å². The summed E-state index contributed by atoms with van der Waals surface area (Å²) in [6, 6.07) is 19.2. The van der Waals surface area contributed by atoms with Crippen LogP contribution < -0.4 is 4.72 Å². The highest BCUT2D eigenvalue weighted by Crippen LogP contribution is 2.27. The Labute approximate surface area is 178 Å². The smallest absolute Gasteiger partial charge is 0.264 e. The van der Waals surface area contributed by atoms with Gasteiger partial charge >= 0.3 is 0 Å². The molecule has 1 amide bonds. The van der Waals surface area contributed by atoms with Crippen LogP contribution in [-0.4, -0.2) is 25.5 Å². The molecule has 150 valence electrons. The van der Waals surface area contributed by atoms with Crippen LogP contribution in [0.1, 0.15) is 12.5 Å². The van der Waals surface area contributed by atoms with Crippen LogP contribution in [0.2, 0.25) is 5.02 Å². The number of halogens is 1. The number of hydrogen-bond donors (Lipinski definition) is 1. The monoisotopic (exact) mass is 437 g/mol. The van der Waals surface area contributed by atoms with Crippen molar-refractivity contribution in [2.75, 3.05) is 0 Å². The fourth-order valence-corrected chi connectivity index (χ4v) is 4.29. The molecular formula is C22H16ClN3O3S. The third kappa shape index (κ3) is 4.03. The second kappa shape index (κ2) is 7.85. The van der Waals surface area contributed by atoms with Crippen molar-refractivity contribution >= 4 is 61.2 Å². The molecule has 0 bridgehead atoms. The molecule has 1 heterocycles. The lowest BCUT2D eigenvalue weighted by Gasteiger charge is -2.08. The minimum atomic E-state index is -3.88. The number of sulfonamides is 1. The van der Waals surface area contributed by atoms with Gasteiger partial charge in [-0.3, -0.25) is 9.79 Å². The SMILES string of the molecule is CC(=O)NS(=O)(=O)c1ccc(N=Cc2c3ccccc3nc3cc(Cl)ccc23)cc1. The first-order valence-corrected chi connectivity index (χ1v) is 10.9. The molecule has 0 aliphatic heterocycles. The fourth-order valence-electron chi connectivity index (χ4n) is 3.14. The van der Waals surface area contributed by atoms with Gasteiger partial charge in [-0.25, -0.2) is 18.1 Å². The number of nitrogens with zero attached hydrogens (tertiary/aromatic N) is 2. The Kier molecular flexibility index (Phi) is 5.24. The molecule has 0 saturated carbocycles. The number of amides is 1. The van der Waals surface area contributed by atoms with Crippen molar-refractivity contribution < 1.29 is 13.2 Å². The first kappa shape index (κ1) is 20.0. The Balaban J connectivity index is 1.76. The maximum Gasteiger partial charge on any atom is 0.264 e. The molecule has 1 N–H and O–H groups in total. The number of pyridine rings is 1. The topological polar surface area (TPSA) is 88.5 Å². The van der Waals surface area contributed by atoms with Crippen LogP contribution in [-0.2, 0) is 14.8 Å². The molecular weight excluding hydrogens is 422 g/mol. The Morgan fingerprint density at radius 1 is 1.00 bits per heavy atom. The fraction of sp³-hybridized carbons (Fsp3) is 0.0455. The first-order valence-electron chi connectivity index (χ1n) is 8.99. The molecule has 0 saturated heterocycles. The molecule has 0 atom stereocenters. The molecule has 0 radical (unpaired) electrons. The van der Waals surface area contributed by atoms with Crippen molar-refractivity contribution in [2.24, 2.45) is 4.99 Å². The highest BCUT2D eigenvalue weighted by molar-refractivity contribution is 7.90. The van der Waals surface area contributed by atoms with Crippen LogP contribution in [0.4, 0.5) is 5.69 Å². The average molecular weight is 438 g/mol. The van der Waals surface area contributed by atoms with Gasteiger partial charge in [-0.2, -0.15) is 0 Å². The van der Waals surface area contributed by atoms with E-state index in [-0.39, 0.29) is 4.90 Å². The van der Waals surface area contributed by atoms with Gasteiger partial charge < -0.3 is 0 Å². The van der Waals surface area contributed by atoms with Crippen molar-refractivity contribution in [1.82, 2.24) is 9.71 Å². The molecule has 4 rings (SSSR count).